The van der Waals surface area contributed by atoms with Crippen molar-refractivity contribution in [3.63, 3.8) is 0 Å². The van der Waals surface area contributed by atoms with Gasteiger partial charge in [-0.2, -0.15) is 0 Å². The second kappa shape index (κ2) is 8.50. The van der Waals surface area contributed by atoms with Crippen LogP contribution in [0.1, 0.15) is 17.5 Å². The maximum absolute atomic E-state index is 13.0. The molecule has 0 aliphatic carbocycles. The van der Waals surface area contributed by atoms with Crippen molar-refractivity contribution in [2.75, 3.05) is 16.2 Å². The lowest BCUT2D eigenvalue weighted by molar-refractivity contribution is -0.116. The molecule has 0 fully saturated rings. The first-order valence-electron chi connectivity index (χ1n) is 9.69. The van der Waals surface area contributed by atoms with Gasteiger partial charge in [-0.3, -0.25) is 9.10 Å². The highest BCUT2D eigenvalue weighted by Crippen LogP contribution is 2.32. The molecule has 0 atom stereocenters. The Morgan fingerprint density at radius 1 is 0.967 bits per heavy atom. The second-order valence-corrected chi connectivity index (χ2v) is 9.39. The molecule has 0 bridgehead atoms. The molecule has 1 amide bonds. The van der Waals surface area contributed by atoms with Gasteiger partial charge in [0.2, 0.25) is 5.91 Å². The maximum Gasteiger partial charge on any atom is 0.264 e. The number of nitrogens with zero attached hydrogens (tertiary/aromatic N) is 1. The van der Waals surface area contributed by atoms with E-state index in [1.807, 2.05) is 42.5 Å². The smallest absolute Gasteiger partial charge is 0.264 e. The summed E-state index contributed by atoms with van der Waals surface area (Å²) in [5.41, 5.74) is 3.24. The molecule has 3 aromatic rings. The molecule has 1 heterocycles. The number of rotatable bonds is 6. The Labute approximate surface area is 181 Å². The highest BCUT2D eigenvalue weighted by molar-refractivity contribution is 7.92. The number of para-hydroxylation sites is 1. The quantitative estimate of drug-likeness (QED) is 0.606. The molecule has 4 rings (SSSR count). The van der Waals surface area contributed by atoms with Gasteiger partial charge in [-0.15, -0.1) is 0 Å². The van der Waals surface area contributed by atoms with Gasteiger partial charge in [-0.1, -0.05) is 48.0 Å². The van der Waals surface area contributed by atoms with Gasteiger partial charge in [0.05, 0.1) is 10.6 Å². The standard InChI is InChI=1S/C23H21ClN2O3S/c24-21-7-3-1-5-17(21)9-14-23(27)25-19-10-12-20(13-11-19)30(28,29)26-16-15-18-6-2-4-8-22(18)26/h1-8,10-13H,9,14-16H2,(H,25,27). The summed E-state index contributed by atoms with van der Waals surface area (Å²) in [5.74, 6) is -0.154. The van der Waals surface area contributed by atoms with Crippen molar-refractivity contribution in [3.05, 3.63) is 88.9 Å². The molecule has 0 radical (unpaired) electrons. The molecule has 1 aliphatic heterocycles. The first kappa shape index (κ1) is 20.4. The Balaban J connectivity index is 1.42. The van der Waals surface area contributed by atoms with Crippen molar-refractivity contribution in [2.45, 2.75) is 24.2 Å². The molecule has 1 N–H and O–H groups in total. The van der Waals surface area contributed by atoms with Crippen molar-refractivity contribution in [1.29, 1.82) is 0 Å². The fourth-order valence-corrected chi connectivity index (χ4v) is 5.30. The summed E-state index contributed by atoms with van der Waals surface area (Å²) < 4.78 is 27.5. The van der Waals surface area contributed by atoms with Gasteiger partial charge in [0.1, 0.15) is 0 Å². The van der Waals surface area contributed by atoms with Gasteiger partial charge < -0.3 is 5.32 Å². The van der Waals surface area contributed by atoms with Gasteiger partial charge in [-0.25, -0.2) is 8.42 Å². The molecule has 0 saturated heterocycles. The van der Waals surface area contributed by atoms with E-state index in [1.165, 1.54) is 16.4 Å². The van der Waals surface area contributed by atoms with E-state index in [4.69, 9.17) is 11.6 Å². The first-order chi connectivity index (χ1) is 14.4. The van der Waals surface area contributed by atoms with Crippen LogP contribution in [0.4, 0.5) is 11.4 Å². The number of hydrogen-bond acceptors (Lipinski definition) is 3. The Bertz CT molecular complexity index is 1180. The van der Waals surface area contributed by atoms with Gasteiger partial charge in [0.25, 0.3) is 10.0 Å². The zero-order chi connectivity index (χ0) is 21.1. The van der Waals surface area contributed by atoms with Crippen molar-refractivity contribution in [1.82, 2.24) is 0 Å². The monoisotopic (exact) mass is 440 g/mol. The molecule has 5 nitrogen and oxygen atoms in total. The van der Waals surface area contributed by atoms with Crippen LogP contribution in [0.3, 0.4) is 0 Å². The number of amides is 1. The Morgan fingerprint density at radius 2 is 1.67 bits per heavy atom. The zero-order valence-electron chi connectivity index (χ0n) is 16.2. The molecular formula is C23H21ClN2O3S. The van der Waals surface area contributed by atoms with Crippen molar-refractivity contribution in [3.8, 4) is 0 Å². The third-order valence-corrected chi connectivity index (χ3v) is 7.35. The minimum atomic E-state index is -3.64. The molecular weight excluding hydrogens is 420 g/mol. The average molecular weight is 441 g/mol. The lowest BCUT2D eigenvalue weighted by Crippen LogP contribution is -2.29. The SMILES string of the molecule is O=C(CCc1ccccc1Cl)Nc1ccc(S(=O)(=O)N2CCc3ccccc32)cc1. The van der Waals surface area contributed by atoms with Gasteiger partial charge in [0.15, 0.2) is 0 Å². The number of nitrogens with one attached hydrogen (secondary N) is 1. The predicted molar refractivity (Wildman–Crippen MR) is 120 cm³/mol. The van der Waals surface area contributed by atoms with Crippen LogP contribution >= 0.6 is 11.6 Å². The topological polar surface area (TPSA) is 66.5 Å². The Morgan fingerprint density at radius 3 is 2.43 bits per heavy atom. The molecule has 3 aromatic carbocycles. The fraction of sp³-hybridized carbons (Fsp3) is 0.174. The van der Waals surface area contributed by atoms with Crippen molar-refractivity contribution in [2.24, 2.45) is 0 Å². The van der Waals surface area contributed by atoms with E-state index in [-0.39, 0.29) is 17.2 Å². The van der Waals surface area contributed by atoms with Gasteiger partial charge in [-0.05, 0) is 60.4 Å². The summed E-state index contributed by atoms with van der Waals surface area (Å²) in [6.07, 6.45) is 1.52. The molecule has 0 spiro atoms. The molecule has 0 aromatic heterocycles. The second-order valence-electron chi connectivity index (χ2n) is 7.12. The lowest BCUT2D eigenvalue weighted by atomic mass is 10.1. The van der Waals surface area contributed by atoms with Crippen molar-refractivity contribution < 1.29 is 13.2 Å². The summed E-state index contributed by atoms with van der Waals surface area (Å²) in [6.45, 7) is 0.433. The number of carbonyl (C=O) groups excluding carboxylic acids is 1. The van der Waals surface area contributed by atoms with Crippen LogP contribution in [0.2, 0.25) is 5.02 Å². The van der Waals surface area contributed by atoms with Crippen molar-refractivity contribution >= 4 is 38.9 Å². The van der Waals surface area contributed by atoms with E-state index in [0.29, 0.717) is 30.1 Å². The number of anilines is 2. The zero-order valence-corrected chi connectivity index (χ0v) is 17.8. The number of hydrogen-bond donors (Lipinski definition) is 1. The molecule has 7 heteroatoms. The average Bonchev–Trinajstić information content (AvgIpc) is 3.19. The number of fused-ring (bicyclic) bond motifs is 1. The number of halogens is 1. The predicted octanol–water partition coefficient (Wildman–Crippen LogP) is 4.66. The minimum Gasteiger partial charge on any atom is -0.326 e. The van der Waals surface area contributed by atoms with Crippen LogP contribution in [0.25, 0.3) is 0 Å². The number of sulfonamides is 1. The minimum absolute atomic E-state index is 0.154. The summed E-state index contributed by atoms with van der Waals surface area (Å²) in [6, 6.07) is 21.2. The molecule has 0 saturated carbocycles. The van der Waals surface area contributed by atoms with Crippen LogP contribution in [0.15, 0.2) is 77.7 Å². The van der Waals surface area contributed by atoms with E-state index in [0.717, 1.165) is 16.8 Å². The molecule has 0 unspecified atom stereocenters. The lowest BCUT2D eigenvalue weighted by Gasteiger charge is -2.19. The number of aryl methyl sites for hydroxylation is 1. The van der Waals surface area contributed by atoms with Gasteiger partial charge in [0, 0.05) is 23.7 Å². The third-order valence-electron chi connectivity index (χ3n) is 5.15. The van der Waals surface area contributed by atoms with Crippen LogP contribution in [0.5, 0.6) is 0 Å². The van der Waals surface area contributed by atoms with Crippen LogP contribution < -0.4 is 9.62 Å². The summed E-state index contributed by atoms with van der Waals surface area (Å²) in [7, 11) is -3.64. The van der Waals surface area contributed by atoms with E-state index < -0.39 is 10.0 Å². The third kappa shape index (κ3) is 4.20. The van der Waals surface area contributed by atoms with E-state index in [1.54, 1.807) is 18.2 Å². The van der Waals surface area contributed by atoms with Crippen LogP contribution in [-0.2, 0) is 27.7 Å². The summed E-state index contributed by atoms with van der Waals surface area (Å²) >= 11 is 6.12. The summed E-state index contributed by atoms with van der Waals surface area (Å²) in [5, 5.41) is 3.45. The van der Waals surface area contributed by atoms with E-state index >= 15 is 0 Å². The molecule has 30 heavy (non-hydrogen) atoms. The fourth-order valence-electron chi connectivity index (χ4n) is 3.57. The van der Waals surface area contributed by atoms with Gasteiger partial charge >= 0.3 is 0 Å². The van der Waals surface area contributed by atoms with E-state index in [2.05, 4.69) is 5.32 Å². The normalized spacial score (nSPS) is 13.2. The Hall–Kier alpha value is -2.83. The molecule has 154 valence electrons. The Kier molecular flexibility index (Phi) is 5.79. The maximum atomic E-state index is 13.0. The molecule has 1 aliphatic rings. The summed E-state index contributed by atoms with van der Waals surface area (Å²) in [4.78, 5) is 12.4. The van der Waals surface area contributed by atoms with E-state index in [9.17, 15) is 13.2 Å². The highest BCUT2D eigenvalue weighted by Gasteiger charge is 2.30. The number of carbonyl (C=O) groups is 1. The van der Waals surface area contributed by atoms with Crippen LogP contribution in [0, 0.1) is 0 Å². The largest absolute Gasteiger partial charge is 0.326 e. The first-order valence-corrected chi connectivity index (χ1v) is 11.5. The van der Waals surface area contributed by atoms with Crippen LogP contribution in [-0.4, -0.2) is 20.9 Å². The number of benzene rings is 3. The highest BCUT2D eigenvalue weighted by atomic mass is 35.5.